The number of nitrogens with zero attached hydrogens (tertiary/aromatic N) is 2. The van der Waals surface area contributed by atoms with Crippen LogP contribution in [-0.4, -0.2) is 32.7 Å². The molecule has 0 radical (unpaired) electrons. The second-order valence-corrected chi connectivity index (χ2v) is 7.63. The summed E-state index contributed by atoms with van der Waals surface area (Å²) in [5.74, 6) is -1.05. The number of allylic oxidation sites excluding steroid dienone is 1. The lowest BCUT2D eigenvalue weighted by molar-refractivity contribution is -0.149. The van der Waals surface area contributed by atoms with Crippen LogP contribution in [-0.2, 0) is 29.1 Å². The van der Waals surface area contributed by atoms with E-state index in [1.54, 1.807) is 16.9 Å². The number of benzene rings is 2. The van der Waals surface area contributed by atoms with Crippen molar-refractivity contribution in [1.29, 1.82) is 0 Å². The van der Waals surface area contributed by atoms with E-state index in [0.29, 0.717) is 17.8 Å². The van der Waals surface area contributed by atoms with Gasteiger partial charge in [-0.3, -0.25) is 9.48 Å². The largest absolute Gasteiger partial charge is 0.479 e. The molecule has 0 amide bonds. The maximum atomic E-state index is 12.7. The Morgan fingerprint density at radius 3 is 2.41 bits per heavy atom. The molecule has 0 spiro atoms. The van der Waals surface area contributed by atoms with Crippen molar-refractivity contribution in [3.8, 4) is 0 Å². The van der Waals surface area contributed by atoms with Gasteiger partial charge in [-0.1, -0.05) is 74.0 Å². The van der Waals surface area contributed by atoms with Crippen LogP contribution in [0, 0.1) is 0 Å². The Kier molecular flexibility index (Phi) is 8.11. The molecule has 32 heavy (non-hydrogen) atoms. The minimum absolute atomic E-state index is 0.0780. The van der Waals surface area contributed by atoms with E-state index < -0.39 is 12.1 Å². The van der Waals surface area contributed by atoms with E-state index in [2.05, 4.69) is 12.0 Å². The molecule has 1 heterocycles. The summed E-state index contributed by atoms with van der Waals surface area (Å²) in [5, 5.41) is 13.3. The predicted octanol–water partition coefficient (Wildman–Crippen LogP) is 4.77. The fourth-order valence-corrected chi connectivity index (χ4v) is 3.16. The third-order valence-corrected chi connectivity index (χ3v) is 5.06. The van der Waals surface area contributed by atoms with E-state index in [4.69, 9.17) is 9.84 Å². The highest BCUT2D eigenvalue weighted by Gasteiger charge is 2.12. The summed E-state index contributed by atoms with van der Waals surface area (Å²) in [5.41, 5.74) is 4.23. The van der Waals surface area contributed by atoms with Gasteiger partial charge in [0, 0.05) is 11.8 Å². The van der Waals surface area contributed by atoms with Crippen LogP contribution < -0.4 is 0 Å². The van der Waals surface area contributed by atoms with Crippen LogP contribution in [0.4, 0.5) is 0 Å². The molecular formula is C26H28N2O4. The third kappa shape index (κ3) is 6.49. The molecule has 0 saturated carbocycles. The van der Waals surface area contributed by atoms with Gasteiger partial charge in [-0.25, -0.2) is 4.79 Å². The molecule has 3 rings (SSSR count). The first-order valence-electron chi connectivity index (χ1n) is 10.7. The molecule has 0 aliphatic rings. The third-order valence-electron chi connectivity index (χ3n) is 5.06. The summed E-state index contributed by atoms with van der Waals surface area (Å²) in [6, 6.07) is 17.2. The molecule has 0 unspecified atom stereocenters. The van der Waals surface area contributed by atoms with E-state index >= 15 is 0 Å². The fraction of sp³-hybridized carbons (Fsp3) is 0.269. The summed E-state index contributed by atoms with van der Waals surface area (Å²) in [6.45, 7) is 4.44. The molecule has 1 aromatic heterocycles. The van der Waals surface area contributed by atoms with Gasteiger partial charge in [-0.15, -0.1) is 0 Å². The number of rotatable bonds is 11. The average molecular weight is 433 g/mol. The molecule has 0 bridgehead atoms. The van der Waals surface area contributed by atoms with Gasteiger partial charge >= 0.3 is 5.97 Å². The van der Waals surface area contributed by atoms with Crippen molar-refractivity contribution in [2.24, 2.45) is 0 Å². The van der Waals surface area contributed by atoms with Gasteiger partial charge in [0.25, 0.3) is 0 Å². The molecule has 1 N–H and O–H groups in total. The van der Waals surface area contributed by atoms with Crippen molar-refractivity contribution in [2.75, 3.05) is 0 Å². The molecule has 6 heteroatoms. The minimum atomic E-state index is -0.974. The standard InChI is InChI=1S/C26H28N2O4/c1-3-5-20-11-13-23(14-12-20)25(29)24-15-17-28(27-24)16-4-6-21-7-9-22(10-8-21)18-32-19(2)26(30)31/h4,6-15,17,19H,3,5,16,18H2,1-2H3,(H,30,31)/t19-/m1/s1. The second kappa shape index (κ2) is 11.2. The van der Waals surface area contributed by atoms with Crippen molar-refractivity contribution in [2.45, 2.75) is 45.9 Å². The topological polar surface area (TPSA) is 81.4 Å². The summed E-state index contributed by atoms with van der Waals surface area (Å²) in [4.78, 5) is 23.4. The van der Waals surface area contributed by atoms with Crippen LogP contribution in [0.3, 0.4) is 0 Å². The molecule has 3 aromatic rings. The summed E-state index contributed by atoms with van der Waals surface area (Å²) >= 11 is 0. The van der Waals surface area contributed by atoms with E-state index in [0.717, 1.165) is 24.0 Å². The number of hydrogen-bond acceptors (Lipinski definition) is 4. The first kappa shape index (κ1) is 23.2. The van der Waals surface area contributed by atoms with Crippen LogP contribution in [0.25, 0.3) is 6.08 Å². The van der Waals surface area contributed by atoms with E-state index in [1.807, 2.05) is 60.7 Å². The predicted molar refractivity (Wildman–Crippen MR) is 123 cm³/mol. The minimum Gasteiger partial charge on any atom is -0.479 e. The Morgan fingerprint density at radius 1 is 1.06 bits per heavy atom. The number of aliphatic carboxylic acids is 1. The van der Waals surface area contributed by atoms with Crippen LogP contribution in [0.5, 0.6) is 0 Å². The van der Waals surface area contributed by atoms with E-state index in [1.165, 1.54) is 12.5 Å². The van der Waals surface area contributed by atoms with Gasteiger partial charge in [0.15, 0.2) is 6.10 Å². The molecule has 6 nitrogen and oxygen atoms in total. The Bertz CT molecular complexity index is 1070. The number of ether oxygens (including phenoxy) is 1. The number of hydrogen-bond donors (Lipinski definition) is 1. The number of aromatic nitrogens is 2. The van der Waals surface area contributed by atoms with Crippen LogP contribution >= 0.6 is 0 Å². The zero-order valence-electron chi connectivity index (χ0n) is 18.4. The Labute approximate surface area is 188 Å². The molecule has 166 valence electrons. The van der Waals surface area contributed by atoms with Gasteiger partial charge in [0.1, 0.15) is 5.69 Å². The van der Waals surface area contributed by atoms with E-state index in [9.17, 15) is 9.59 Å². The average Bonchev–Trinajstić information content (AvgIpc) is 3.27. The van der Waals surface area contributed by atoms with Gasteiger partial charge in [0.05, 0.1) is 13.2 Å². The molecule has 0 aliphatic heterocycles. The number of carbonyl (C=O) groups is 2. The first-order valence-corrected chi connectivity index (χ1v) is 10.7. The quantitative estimate of drug-likeness (QED) is 0.442. The number of carbonyl (C=O) groups excluding carboxylic acids is 1. The van der Waals surface area contributed by atoms with Crippen molar-refractivity contribution in [3.05, 3.63) is 94.8 Å². The summed E-state index contributed by atoms with van der Waals surface area (Å²) in [6.07, 6.45) is 7.00. The van der Waals surface area contributed by atoms with Crippen molar-refractivity contribution in [3.63, 3.8) is 0 Å². The lowest BCUT2D eigenvalue weighted by Gasteiger charge is -2.08. The summed E-state index contributed by atoms with van der Waals surface area (Å²) in [7, 11) is 0. The van der Waals surface area contributed by atoms with E-state index in [-0.39, 0.29) is 12.4 Å². The Morgan fingerprint density at radius 2 is 1.75 bits per heavy atom. The maximum Gasteiger partial charge on any atom is 0.332 e. The molecule has 1 atom stereocenters. The number of ketones is 1. The number of carboxylic acid groups (broad SMARTS) is 1. The zero-order chi connectivity index (χ0) is 22.9. The molecule has 0 aliphatic carbocycles. The monoisotopic (exact) mass is 432 g/mol. The maximum absolute atomic E-state index is 12.7. The van der Waals surface area contributed by atoms with Gasteiger partial charge in [-0.2, -0.15) is 5.10 Å². The fourth-order valence-electron chi connectivity index (χ4n) is 3.16. The Hall–Kier alpha value is -3.51. The number of aryl methyl sites for hydroxylation is 1. The highest BCUT2D eigenvalue weighted by molar-refractivity contribution is 6.07. The second-order valence-electron chi connectivity index (χ2n) is 7.63. The van der Waals surface area contributed by atoms with Gasteiger partial charge in [-0.05, 0) is 36.1 Å². The number of carboxylic acids is 1. The van der Waals surface area contributed by atoms with Crippen molar-refractivity contribution in [1.82, 2.24) is 9.78 Å². The SMILES string of the molecule is CCCc1ccc(C(=O)c2ccn(CC=Cc3ccc(CO[C@H](C)C(=O)O)cc3)n2)cc1. The van der Waals surface area contributed by atoms with Crippen molar-refractivity contribution >= 4 is 17.8 Å². The lowest BCUT2D eigenvalue weighted by atomic mass is 10.0. The first-order chi connectivity index (χ1) is 15.5. The molecule has 0 fully saturated rings. The Balaban J connectivity index is 1.53. The van der Waals surface area contributed by atoms with Crippen LogP contribution in [0.1, 0.15) is 53.0 Å². The highest BCUT2D eigenvalue weighted by atomic mass is 16.5. The van der Waals surface area contributed by atoms with Crippen LogP contribution in [0.2, 0.25) is 0 Å². The van der Waals surface area contributed by atoms with Crippen LogP contribution in [0.15, 0.2) is 66.9 Å². The molecule has 2 aromatic carbocycles. The smallest absolute Gasteiger partial charge is 0.332 e. The van der Waals surface area contributed by atoms with Gasteiger partial charge < -0.3 is 9.84 Å². The summed E-state index contributed by atoms with van der Waals surface area (Å²) < 4.78 is 7.01. The molecule has 0 saturated heterocycles. The highest BCUT2D eigenvalue weighted by Crippen LogP contribution is 2.12. The van der Waals surface area contributed by atoms with Gasteiger partial charge in [0.2, 0.25) is 5.78 Å². The molecular weight excluding hydrogens is 404 g/mol. The lowest BCUT2D eigenvalue weighted by Crippen LogP contribution is -2.19. The van der Waals surface area contributed by atoms with Crippen molar-refractivity contribution < 1.29 is 19.4 Å². The zero-order valence-corrected chi connectivity index (χ0v) is 18.4. The normalized spacial score (nSPS) is 12.2.